The van der Waals surface area contributed by atoms with Crippen molar-refractivity contribution in [2.24, 2.45) is 23.7 Å². The predicted molar refractivity (Wildman–Crippen MR) is 61.8 cm³/mol. The molecule has 2 N–H and O–H groups in total. The third-order valence-corrected chi connectivity index (χ3v) is 4.14. The van der Waals surface area contributed by atoms with Gasteiger partial charge in [0.25, 0.3) is 0 Å². The number of aliphatic carboxylic acids is 2. The first-order valence-corrected chi connectivity index (χ1v) is 6.14. The van der Waals surface area contributed by atoms with Crippen molar-refractivity contribution in [3.63, 3.8) is 0 Å². The molecule has 98 valence electrons. The van der Waals surface area contributed by atoms with E-state index in [2.05, 4.69) is 0 Å². The number of carbonyl (C=O) groups is 3. The molecule has 5 heteroatoms. The molecule has 0 amide bonds. The summed E-state index contributed by atoms with van der Waals surface area (Å²) in [5.74, 6) is -1.81. The Kier molecular flexibility index (Phi) is 3.50. The van der Waals surface area contributed by atoms with E-state index >= 15 is 0 Å². The summed E-state index contributed by atoms with van der Waals surface area (Å²) in [6.45, 7) is 0. The minimum Gasteiger partial charge on any atom is -0.481 e. The highest BCUT2D eigenvalue weighted by molar-refractivity contribution is 5.95. The lowest BCUT2D eigenvalue weighted by Gasteiger charge is -2.25. The molecule has 4 unspecified atom stereocenters. The lowest BCUT2D eigenvalue weighted by Crippen LogP contribution is -2.27. The van der Waals surface area contributed by atoms with Crippen LogP contribution in [0.1, 0.15) is 25.7 Å². The number of carboxylic acids is 2. The molecule has 2 aliphatic rings. The average Bonchev–Trinajstić information content (AvgIpc) is 2.85. The fourth-order valence-corrected chi connectivity index (χ4v) is 3.51. The van der Waals surface area contributed by atoms with Gasteiger partial charge < -0.3 is 10.2 Å². The highest BCUT2D eigenvalue weighted by Crippen LogP contribution is 2.53. The van der Waals surface area contributed by atoms with Crippen LogP contribution in [0.25, 0.3) is 0 Å². The number of ketones is 1. The number of hydrogen-bond acceptors (Lipinski definition) is 3. The van der Waals surface area contributed by atoms with Crippen molar-refractivity contribution < 1.29 is 24.6 Å². The number of carboxylic acid groups (broad SMARTS) is 2. The average molecular weight is 252 g/mol. The van der Waals surface area contributed by atoms with Gasteiger partial charge in [-0.3, -0.25) is 9.59 Å². The van der Waals surface area contributed by atoms with Crippen LogP contribution in [0.2, 0.25) is 0 Å². The van der Waals surface area contributed by atoms with Crippen LogP contribution in [-0.4, -0.2) is 27.9 Å². The van der Waals surface area contributed by atoms with Gasteiger partial charge in [0.2, 0.25) is 0 Å². The highest BCUT2D eigenvalue weighted by atomic mass is 16.4. The zero-order chi connectivity index (χ0) is 13.3. The molecule has 2 bridgehead atoms. The third kappa shape index (κ3) is 2.60. The lowest BCUT2D eigenvalue weighted by molar-refractivity contribution is -0.144. The van der Waals surface area contributed by atoms with Crippen molar-refractivity contribution in [2.45, 2.75) is 25.7 Å². The molecule has 5 nitrogen and oxygen atoms in total. The maximum Gasteiger partial charge on any atom is 0.328 e. The van der Waals surface area contributed by atoms with Crippen molar-refractivity contribution in [3.05, 3.63) is 12.2 Å². The first-order chi connectivity index (χ1) is 8.47. The molecule has 18 heavy (non-hydrogen) atoms. The third-order valence-electron chi connectivity index (χ3n) is 4.14. The van der Waals surface area contributed by atoms with Crippen LogP contribution < -0.4 is 0 Å². The summed E-state index contributed by atoms with van der Waals surface area (Å²) < 4.78 is 0. The van der Waals surface area contributed by atoms with E-state index in [4.69, 9.17) is 10.2 Å². The van der Waals surface area contributed by atoms with E-state index in [9.17, 15) is 14.4 Å². The fourth-order valence-electron chi connectivity index (χ4n) is 3.51. The van der Waals surface area contributed by atoms with Crippen LogP contribution in [0.15, 0.2) is 12.2 Å². The van der Waals surface area contributed by atoms with E-state index in [-0.39, 0.29) is 30.0 Å². The van der Waals surface area contributed by atoms with Gasteiger partial charge in [0.1, 0.15) is 0 Å². The molecule has 4 atom stereocenters. The van der Waals surface area contributed by atoms with Crippen LogP contribution in [0.3, 0.4) is 0 Å². The SMILES string of the molecule is O=C(O)/C=C\C(=O)CC1CC2CC(C(=O)O)C1C2. The molecule has 0 spiro atoms. The summed E-state index contributed by atoms with van der Waals surface area (Å²) in [7, 11) is 0. The number of fused-ring (bicyclic) bond motifs is 2. The Morgan fingerprint density at radius 3 is 2.33 bits per heavy atom. The molecule has 2 fully saturated rings. The van der Waals surface area contributed by atoms with Gasteiger partial charge in [-0.15, -0.1) is 0 Å². The van der Waals surface area contributed by atoms with Crippen LogP contribution in [0.5, 0.6) is 0 Å². The standard InChI is InChI=1S/C13H16O5/c14-9(1-2-12(15)16)6-8-3-7-4-10(8)11(5-7)13(17)18/h1-2,7-8,10-11H,3-6H2,(H,15,16)(H,17,18)/b2-1-. The Morgan fingerprint density at radius 1 is 1.06 bits per heavy atom. The summed E-state index contributed by atoms with van der Waals surface area (Å²) >= 11 is 0. The normalized spacial score (nSPS) is 34.0. The molecule has 0 aromatic heterocycles. The zero-order valence-corrected chi connectivity index (χ0v) is 9.91. The Labute approximate surface area is 104 Å². The topological polar surface area (TPSA) is 91.7 Å². The number of hydrogen-bond donors (Lipinski definition) is 2. The Hall–Kier alpha value is -1.65. The lowest BCUT2D eigenvalue weighted by atomic mass is 9.78. The van der Waals surface area contributed by atoms with Crippen LogP contribution in [0.4, 0.5) is 0 Å². The molecular weight excluding hydrogens is 236 g/mol. The quantitative estimate of drug-likeness (QED) is 0.720. The van der Waals surface area contributed by atoms with Gasteiger partial charge in [-0.2, -0.15) is 0 Å². The number of rotatable bonds is 5. The molecule has 0 aromatic rings. The van der Waals surface area contributed by atoms with Crippen molar-refractivity contribution in [1.29, 1.82) is 0 Å². The Balaban J connectivity index is 1.93. The zero-order valence-electron chi connectivity index (χ0n) is 9.91. The van der Waals surface area contributed by atoms with E-state index in [1.807, 2.05) is 0 Å². The molecule has 2 saturated carbocycles. The van der Waals surface area contributed by atoms with Crippen molar-refractivity contribution in [2.75, 3.05) is 0 Å². The van der Waals surface area contributed by atoms with Gasteiger partial charge in [0.05, 0.1) is 5.92 Å². The number of carbonyl (C=O) groups excluding carboxylic acids is 1. The second kappa shape index (κ2) is 4.92. The van der Waals surface area contributed by atoms with Crippen molar-refractivity contribution >= 4 is 17.7 Å². The second-order valence-electron chi connectivity index (χ2n) is 5.28. The second-order valence-corrected chi connectivity index (χ2v) is 5.28. The largest absolute Gasteiger partial charge is 0.481 e. The van der Waals surface area contributed by atoms with E-state index in [0.29, 0.717) is 5.92 Å². The molecular formula is C13H16O5. The monoisotopic (exact) mass is 252 g/mol. The fraction of sp³-hybridized carbons (Fsp3) is 0.615. The van der Waals surface area contributed by atoms with Gasteiger partial charge >= 0.3 is 11.9 Å². The Morgan fingerprint density at radius 2 is 1.78 bits per heavy atom. The highest BCUT2D eigenvalue weighted by Gasteiger charge is 2.49. The minimum absolute atomic E-state index is 0.0923. The smallest absolute Gasteiger partial charge is 0.328 e. The van der Waals surface area contributed by atoms with Crippen molar-refractivity contribution in [3.8, 4) is 0 Å². The summed E-state index contributed by atoms with van der Waals surface area (Å²) in [4.78, 5) is 32.9. The van der Waals surface area contributed by atoms with Gasteiger partial charge in [0.15, 0.2) is 5.78 Å². The van der Waals surface area contributed by atoms with E-state index in [1.54, 1.807) is 0 Å². The van der Waals surface area contributed by atoms with E-state index in [1.165, 1.54) is 0 Å². The summed E-state index contributed by atoms with van der Waals surface area (Å²) in [6.07, 6.45) is 4.72. The Bertz CT molecular complexity index is 412. The minimum atomic E-state index is -1.14. The summed E-state index contributed by atoms with van der Waals surface area (Å²) in [6, 6.07) is 0. The van der Waals surface area contributed by atoms with Crippen LogP contribution in [0, 0.1) is 23.7 Å². The maximum atomic E-state index is 11.6. The molecule has 0 aromatic carbocycles. The number of allylic oxidation sites excluding steroid dienone is 1. The van der Waals surface area contributed by atoms with Crippen LogP contribution >= 0.6 is 0 Å². The molecule has 0 heterocycles. The molecule has 2 rings (SSSR count). The first-order valence-electron chi connectivity index (χ1n) is 6.14. The van der Waals surface area contributed by atoms with Gasteiger partial charge in [-0.25, -0.2) is 4.79 Å². The summed E-state index contributed by atoms with van der Waals surface area (Å²) in [5.41, 5.74) is 0. The van der Waals surface area contributed by atoms with E-state index in [0.717, 1.165) is 31.4 Å². The van der Waals surface area contributed by atoms with Gasteiger partial charge in [-0.1, -0.05) is 0 Å². The van der Waals surface area contributed by atoms with E-state index < -0.39 is 11.9 Å². The molecule has 0 radical (unpaired) electrons. The van der Waals surface area contributed by atoms with Gasteiger partial charge in [0, 0.05) is 12.5 Å². The van der Waals surface area contributed by atoms with Crippen molar-refractivity contribution in [1.82, 2.24) is 0 Å². The molecule has 0 aliphatic heterocycles. The first kappa shape index (κ1) is 12.8. The summed E-state index contributed by atoms with van der Waals surface area (Å²) in [5, 5.41) is 17.5. The van der Waals surface area contributed by atoms with Gasteiger partial charge in [-0.05, 0) is 43.1 Å². The maximum absolute atomic E-state index is 11.6. The molecule has 2 aliphatic carbocycles. The predicted octanol–water partition coefficient (Wildman–Crippen LogP) is 1.33. The molecule has 0 saturated heterocycles. The van der Waals surface area contributed by atoms with Crippen LogP contribution in [-0.2, 0) is 14.4 Å².